The summed E-state index contributed by atoms with van der Waals surface area (Å²) < 4.78 is 13.4. The first-order chi connectivity index (χ1) is 14.6. The lowest BCUT2D eigenvalue weighted by molar-refractivity contribution is -0.138. The normalized spacial score (nSPS) is 18.4. The second kappa shape index (κ2) is 9.41. The molecule has 4 rings (SSSR count). The zero-order chi connectivity index (χ0) is 20.9. The fraction of sp³-hybridized carbons (Fsp3) is 0.440. The SMILES string of the molecule is O=C(c1cccc(F)c1)N1CCC(C(=O)N2CCC(Cc3ccccc3)CC2)CC1. The van der Waals surface area contributed by atoms with E-state index in [1.807, 2.05) is 11.0 Å². The van der Waals surface area contributed by atoms with Gasteiger partial charge >= 0.3 is 0 Å². The largest absolute Gasteiger partial charge is 0.342 e. The van der Waals surface area contributed by atoms with Gasteiger partial charge in [0, 0.05) is 37.7 Å². The summed E-state index contributed by atoms with van der Waals surface area (Å²) in [5, 5.41) is 0. The van der Waals surface area contributed by atoms with Crippen LogP contribution in [0.5, 0.6) is 0 Å². The number of nitrogens with zero attached hydrogens (tertiary/aromatic N) is 2. The van der Waals surface area contributed by atoms with Crippen molar-refractivity contribution in [2.45, 2.75) is 32.1 Å². The summed E-state index contributed by atoms with van der Waals surface area (Å²) in [5.41, 5.74) is 1.75. The van der Waals surface area contributed by atoms with Crippen LogP contribution in [0.2, 0.25) is 0 Å². The van der Waals surface area contributed by atoms with E-state index in [-0.39, 0.29) is 17.7 Å². The number of amides is 2. The van der Waals surface area contributed by atoms with Gasteiger partial charge in [0.1, 0.15) is 5.82 Å². The van der Waals surface area contributed by atoms with Crippen molar-refractivity contribution in [3.63, 3.8) is 0 Å². The quantitative estimate of drug-likeness (QED) is 0.762. The Labute approximate surface area is 177 Å². The highest BCUT2D eigenvalue weighted by atomic mass is 19.1. The molecule has 0 saturated carbocycles. The van der Waals surface area contributed by atoms with Gasteiger partial charge in [-0.3, -0.25) is 9.59 Å². The number of likely N-dealkylation sites (tertiary alicyclic amines) is 2. The maximum atomic E-state index is 13.4. The lowest BCUT2D eigenvalue weighted by Gasteiger charge is -2.37. The monoisotopic (exact) mass is 408 g/mol. The number of piperidine rings is 2. The molecule has 2 aromatic carbocycles. The van der Waals surface area contributed by atoms with Crippen molar-refractivity contribution in [2.24, 2.45) is 11.8 Å². The molecule has 30 heavy (non-hydrogen) atoms. The first-order valence-corrected chi connectivity index (χ1v) is 11.0. The minimum Gasteiger partial charge on any atom is -0.342 e. The molecular weight excluding hydrogens is 379 g/mol. The van der Waals surface area contributed by atoms with Crippen molar-refractivity contribution < 1.29 is 14.0 Å². The van der Waals surface area contributed by atoms with E-state index in [2.05, 4.69) is 24.3 Å². The molecule has 4 nitrogen and oxygen atoms in total. The van der Waals surface area contributed by atoms with Gasteiger partial charge in [-0.25, -0.2) is 4.39 Å². The fourth-order valence-corrected chi connectivity index (χ4v) is 4.70. The van der Waals surface area contributed by atoms with Gasteiger partial charge in [-0.2, -0.15) is 0 Å². The molecule has 2 heterocycles. The van der Waals surface area contributed by atoms with Crippen LogP contribution < -0.4 is 0 Å². The first-order valence-electron chi connectivity index (χ1n) is 11.0. The molecule has 0 N–H and O–H groups in total. The highest BCUT2D eigenvalue weighted by molar-refractivity contribution is 5.94. The Hall–Kier alpha value is -2.69. The third kappa shape index (κ3) is 4.89. The molecule has 2 fully saturated rings. The summed E-state index contributed by atoms with van der Waals surface area (Å²) in [6, 6.07) is 16.4. The Morgan fingerprint density at radius 2 is 1.50 bits per heavy atom. The van der Waals surface area contributed by atoms with Gasteiger partial charge in [0.05, 0.1) is 0 Å². The van der Waals surface area contributed by atoms with E-state index in [9.17, 15) is 14.0 Å². The van der Waals surface area contributed by atoms with Crippen molar-refractivity contribution in [3.8, 4) is 0 Å². The van der Waals surface area contributed by atoms with Gasteiger partial charge in [-0.1, -0.05) is 36.4 Å². The summed E-state index contributed by atoms with van der Waals surface area (Å²) in [5.74, 6) is 0.323. The molecule has 0 aromatic heterocycles. The summed E-state index contributed by atoms with van der Waals surface area (Å²) in [6.07, 6.45) is 4.56. The van der Waals surface area contributed by atoms with E-state index in [4.69, 9.17) is 0 Å². The zero-order valence-electron chi connectivity index (χ0n) is 17.3. The second-order valence-corrected chi connectivity index (χ2v) is 8.54. The molecule has 2 aromatic rings. The Kier molecular flexibility index (Phi) is 6.46. The smallest absolute Gasteiger partial charge is 0.253 e. The van der Waals surface area contributed by atoms with Crippen molar-refractivity contribution in [1.82, 2.24) is 9.80 Å². The van der Waals surface area contributed by atoms with Gasteiger partial charge in [0.15, 0.2) is 0 Å². The number of carbonyl (C=O) groups excluding carboxylic acids is 2. The Morgan fingerprint density at radius 3 is 2.17 bits per heavy atom. The molecule has 2 amide bonds. The van der Waals surface area contributed by atoms with E-state index in [1.54, 1.807) is 17.0 Å². The van der Waals surface area contributed by atoms with Crippen LogP contribution in [0.1, 0.15) is 41.6 Å². The average molecular weight is 409 g/mol. The number of halogens is 1. The highest BCUT2D eigenvalue weighted by Gasteiger charge is 2.32. The zero-order valence-corrected chi connectivity index (χ0v) is 17.3. The third-order valence-corrected chi connectivity index (χ3v) is 6.50. The fourth-order valence-electron chi connectivity index (χ4n) is 4.70. The second-order valence-electron chi connectivity index (χ2n) is 8.54. The van der Waals surface area contributed by atoms with Crippen molar-refractivity contribution in [3.05, 3.63) is 71.5 Å². The molecule has 0 radical (unpaired) electrons. The number of carbonyl (C=O) groups is 2. The minimum atomic E-state index is -0.401. The molecule has 5 heteroatoms. The Morgan fingerprint density at radius 1 is 0.833 bits per heavy atom. The van der Waals surface area contributed by atoms with Crippen LogP contribution in [0.3, 0.4) is 0 Å². The maximum absolute atomic E-state index is 13.4. The average Bonchev–Trinajstić information content (AvgIpc) is 2.79. The lowest BCUT2D eigenvalue weighted by atomic mass is 9.88. The van der Waals surface area contributed by atoms with Gasteiger partial charge < -0.3 is 9.80 Å². The van der Waals surface area contributed by atoms with Gasteiger partial charge in [0.25, 0.3) is 5.91 Å². The van der Waals surface area contributed by atoms with Crippen LogP contribution in [0.25, 0.3) is 0 Å². The minimum absolute atomic E-state index is 0.00719. The van der Waals surface area contributed by atoms with Crippen LogP contribution in [0.15, 0.2) is 54.6 Å². The summed E-state index contributed by atoms with van der Waals surface area (Å²) in [6.45, 7) is 2.77. The van der Waals surface area contributed by atoms with Crippen LogP contribution >= 0.6 is 0 Å². The van der Waals surface area contributed by atoms with Crippen molar-refractivity contribution >= 4 is 11.8 Å². The van der Waals surface area contributed by atoms with E-state index in [1.165, 1.54) is 17.7 Å². The molecule has 0 unspecified atom stereocenters. The van der Waals surface area contributed by atoms with Gasteiger partial charge in [-0.05, 0) is 61.8 Å². The number of benzene rings is 2. The molecule has 0 atom stereocenters. The van der Waals surface area contributed by atoms with E-state index < -0.39 is 5.82 Å². The van der Waals surface area contributed by atoms with E-state index in [0.717, 1.165) is 32.4 Å². The predicted molar refractivity (Wildman–Crippen MR) is 114 cm³/mol. The van der Waals surface area contributed by atoms with Gasteiger partial charge in [0.2, 0.25) is 5.91 Å². The molecule has 0 bridgehead atoms. The van der Waals surface area contributed by atoms with Crippen LogP contribution in [0.4, 0.5) is 4.39 Å². The topological polar surface area (TPSA) is 40.6 Å². The van der Waals surface area contributed by atoms with Crippen LogP contribution in [0, 0.1) is 17.7 Å². The summed E-state index contributed by atoms with van der Waals surface area (Å²) in [7, 11) is 0. The number of hydrogen-bond donors (Lipinski definition) is 0. The molecule has 2 aliphatic rings. The molecule has 158 valence electrons. The number of hydrogen-bond acceptors (Lipinski definition) is 2. The van der Waals surface area contributed by atoms with Crippen molar-refractivity contribution in [2.75, 3.05) is 26.2 Å². The third-order valence-electron chi connectivity index (χ3n) is 6.50. The molecule has 0 spiro atoms. The Bertz CT molecular complexity index is 870. The van der Waals surface area contributed by atoms with Crippen LogP contribution in [-0.4, -0.2) is 47.8 Å². The maximum Gasteiger partial charge on any atom is 0.253 e. The molecule has 0 aliphatic carbocycles. The number of rotatable bonds is 4. The predicted octanol–water partition coefficient (Wildman–Crippen LogP) is 4.16. The molecule has 2 aliphatic heterocycles. The first kappa shape index (κ1) is 20.6. The van der Waals surface area contributed by atoms with E-state index in [0.29, 0.717) is 37.4 Å². The van der Waals surface area contributed by atoms with Crippen molar-refractivity contribution in [1.29, 1.82) is 0 Å². The van der Waals surface area contributed by atoms with Gasteiger partial charge in [-0.15, -0.1) is 0 Å². The standard InChI is InChI=1S/C25H29FN2O2/c26-23-8-4-7-22(18-23)25(30)28-15-11-21(12-16-28)24(29)27-13-9-20(10-14-27)17-19-5-2-1-3-6-19/h1-8,18,20-21H,9-17H2. The van der Waals surface area contributed by atoms with Crippen LogP contribution in [-0.2, 0) is 11.2 Å². The Balaban J connectivity index is 1.24. The van der Waals surface area contributed by atoms with E-state index >= 15 is 0 Å². The molecule has 2 saturated heterocycles. The lowest BCUT2D eigenvalue weighted by Crippen LogP contribution is -2.46. The molecular formula is C25H29FN2O2. The highest BCUT2D eigenvalue weighted by Crippen LogP contribution is 2.26. The summed E-state index contributed by atoms with van der Waals surface area (Å²) in [4.78, 5) is 29.3. The summed E-state index contributed by atoms with van der Waals surface area (Å²) >= 11 is 0.